The van der Waals surface area contributed by atoms with Gasteiger partial charge in [0.25, 0.3) is 0 Å². The summed E-state index contributed by atoms with van der Waals surface area (Å²) in [5.41, 5.74) is 0. The van der Waals surface area contributed by atoms with Gasteiger partial charge >= 0.3 is 0 Å². The largest absolute Gasteiger partial charge is 0.377 e. The maximum absolute atomic E-state index is 5.77. The second-order valence-corrected chi connectivity index (χ2v) is 3.96. The Morgan fingerprint density at radius 1 is 1.73 bits per heavy atom. The molecule has 5 heteroatoms. The van der Waals surface area contributed by atoms with Gasteiger partial charge in [-0.25, -0.2) is 0 Å². The van der Waals surface area contributed by atoms with E-state index in [9.17, 15) is 0 Å². The molecule has 1 saturated heterocycles. The zero-order valence-corrected chi connectivity index (χ0v) is 8.54. The van der Waals surface area contributed by atoms with E-state index in [0.29, 0.717) is 11.2 Å². The molecule has 0 spiro atoms. The molecule has 0 N–H and O–H groups in total. The highest BCUT2D eigenvalue weighted by Gasteiger charge is 2.21. The first kappa shape index (κ1) is 7.82. The monoisotopic (exact) mass is 284 g/mol. The van der Waals surface area contributed by atoms with Crippen LogP contribution in [0.3, 0.4) is 0 Å². The number of aromatic nitrogens is 2. The molecule has 0 atom stereocenters. The number of ether oxygens (including phenoxy) is 1. The van der Waals surface area contributed by atoms with Crippen LogP contribution in [-0.2, 0) is 4.74 Å². The second kappa shape index (κ2) is 2.91. The summed E-state index contributed by atoms with van der Waals surface area (Å²) in [6.45, 7) is 1.52. The molecule has 0 radical (unpaired) electrons. The Morgan fingerprint density at radius 2 is 2.45 bits per heavy atom. The average molecular weight is 284 g/mol. The molecule has 0 bridgehead atoms. The van der Waals surface area contributed by atoms with Gasteiger partial charge in [0, 0.05) is 6.20 Å². The van der Waals surface area contributed by atoms with Crippen LogP contribution in [0, 0.1) is 3.57 Å². The predicted molar refractivity (Wildman–Crippen MR) is 49.8 cm³/mol. The second-order valence-electron chi connectivity index (χ2n) is 2.44. The summed E-state index contributed by atoms with van der Waals surface area (Å²) in [5, 5.41) is 4.71. The van der Waals surface area contributed by atoms with Crippen molar-refractivity contribution in [2.24, 2.45) is 0 Å². The maximum Gasteiger partial charge on any atom is 0.164 e. The lowest BCUT2D eigenvalue weighted by Gasteiger charge is -2.25. The number of nitrogens with zero attached hydrogens (tertiary/aromatic N) is 2. The van der Waals surface area contributed by atoms with Gasteiger partial charge in [0.05, 0.1) is 22.8 Å². The molecule has 1 aromatic rings. The predicted octanol–water partition coefficient (Wildman–Crippen LogP) is 1.71. The van der Waals surface area contributed by atoms with E-state index in [-0.39, 0.29) is 0 Å². The molecule has 0 amide bonds. The lowest BCUT2D eigenvalue weighted by Crippen LogP contribution is -2.30. The van der Waals surface area contributed by atoms with Crippen LogP contribution in [0.1, 0.15) is 6.04 Å². The fourth-order valence-corrected chi connectivity index (χ4v) is 1.44. The first-order valence-electron chi connectivity index (χ1n) is 3.25. The molecule has 2 rings (SSSR count). The standard InChI is InChI=1S/C6H6ClIN2O/c7-6-5(8)1-10(9-6)4-2-11-3-4/h1,4H,2-3H2. The molecule has 1 aliphatic rings. The highest BCUT2D eigenvalue weighted by Crippen LogP contribution is 2.21. The molecule has 60 valence electrons. The summed E-state index contributed by atoms with van der Waals surface area (Å²) in [5.74, 6) is 0. The van der Waals surface area contributed by atoms with E-state index in [1.807, 2.05) is 10.9 Å². The smallest absolute Gasteiger partial charge is 0.164 e. The Morgan fingerprint density at radius 3 is 2.82 bits per heavy atom. The average Bonchev–Trinajstić information content (AvgIpc) is 2.08. The van der Waals surface area contributed by atoms with Gasteiger partial charge in [0.15, 0.2) is 5.15 Å². The first-order chi connectivity index (χ1) is 5.27. The molecule has 1 aromatic heterocycles. The van der Waals surface area contributed by atoms with Crippen LogP contribution in [0.25, 0.3) is 0 Å². The van der Waals surface area contributed by atoms with Crippen LogP contribution in [0.5, 0.6) is 0 Å². The fourth-order valence-electron chi connectivity index (χ4n) is 0.910. The van der Waals surface area contributed by atoms with Crippen molar-refractivity contribution >= 4 is 34.2 Å². The number of hydrogen-bond donors (Lipinski definition) is 0. The van der Waals surface area contributed by atoms with Crippen molar-refractivity contribution in [2.75, 3.05) is 13.2 Å². The lowest BCUT2D eigenvalue weighted by atomic mass is 10.3. The van der Waals surface area contributed by atoms with Crippen LogP contribution in [0.2, 0.25) is 5.15 Å². The van der Waals surface area contributed by atoms with Crippen LogP contribution in [0.4, 0.5) is 0 Å². The molecular weight excluding hydrogens is 278 g/mol. The zero-order valence-electron chi connectivity index (χ0n) is 5.63. The molecule has 0 aliphatic carbocycles. The Kier molecular flexibility index (Phi) is 2.07. The van der Waals surface area contributed by atoms with Crippen molar-refractivity contribution in [1.82, 2.24) is 9.78 Å². The van der Waals surface area contributed by atoms with Gasteiger partial charge in [-0.05, 0) is 22.6 Å². The third kappa shape index (κ3) is 1.39. The van der Waals surface area contributed by atoms with Crippen molar-refractivity contribution < 1.29 is 4.74 Å². The quantitative estimate of drug-likeness (QED) is 0.734. The molecule has 2 heterocycles. The van der Waals surface area contributed by atoms with Gasteiger partial charge in [-0.2, -0.15) is 5.10 Å². The van der Waals surface area contributed by atoms with Gasteiger partial charge in [-0.15, -0.1) is 0 Å². The van der Waals surface area contributed by atoms with Crippen molar-refractivity contribution in [3.63, 3.8) is 0 Å². The van der Waals surface area contributed by atoms with Gasteiger partial charge in [-0.3, -0.25) is 4.68 Å². The third-order valence-electron chi connectivity index (χ3n) is 1.64. The minimum absolute atomic E-state index is 0.399. The van der Waals surface area contributed by atoms with Gasteiger partial charge in [0.1, 0.15) is 0 Å². The van der Waals surface area contributed by atoms with E-state index in [1.165, 1.54) is 0 Å². The molecule has 3 nitrogen and oxygen atoms in total. The summed E-state index contributed by atoms with van der Waals surface area (Å²) in [6.07, 6.45) is 1.94. The Labute approximate surface area is 82.8 Å². The Balaban J connectivity index is 2.24. The van der Waals surface area contributed by atoms with Gasteiger partial charge < -0.3 is 4.74 Å². The molecule has 11 heavy (non-hydrogen) atoms. The maximum atomic E-state index is 5.77. The summed E-state index contributed by atoms with van der Waals surface area (Å²) in [6, 6.07) is 0.399. The van der Waals surface area contributed by atoms with Crippen LogP contribution >= 0.6 is 34.2 Å². The van der Waals surface area contributed by atoms with E-state index in [4.69, 9.17) is 16.3 Å². The topological polar surface area (TPSA) is 27.1 Å². The minimum atomic E-state index is 0.399. The molecule has 1 fully saturated rings. The normalized spacial score (nSPS) is 18.4. The van der Waals surface area contributed by atoms with Crippen molar-refractivity contribution in [1.29, 1.82) is 0 Å². The molecule has 0 saturated carbocycles. The first-order valence-corrected chi connectivity index (χ1v) is 4.71. The molecular formula is C6H6ClIN2O. The van der Waals surface area contributed by atoms with E-state index in [1.54, 1.807) is 0 Å². The Bertz CT molecular complexity index is 252. The lowest BCUT2D eigenvalue weighted by molar-refractivity contribution is -0.0286. The van der Waals surface area contributed by atoms with Crippen LogP contribution in [-0.4, -0.2) is 23.0 Å². The van der Waals surface area contributed by atoms with Crippen molar-refractivity contribution in [3.8, 4) is 0 Å². The number of halogens is 2. The van der Waals surface area contributed by atoms with E-state index in [0.717, 1.165) is 16.8 Å². The highest BCUT2D eigenvalue weighted by atomic mass is 127. The van der Waals surface area contributed by atoms with E-state index in [2.05, 4.69) is 27.7 Å². The van der Waals surface area contributed by atoms with Crippen LogP contribution < -0.4 is 0 Å². The number of rotatable bonds is 1. The van der Waals surface area contributed by atoms with E-state index < -0.39 is 0 Å². The van der Waals surface area contributed by atoms with E-state index >= 15 is 0 Å². The summed E-state index contributed by atoms with van der Waals surface area (Å²) < 4.78 is 7.90. The molecule has 0 aromatic carbocycles. The van der Waals surface area contributed by atoms with Crippen molar-refractivity contribution in [2.45, 2.75) is 6.04 Å². The summed E-state index contributed by atoms with van der Waals surface area (Å²) >= 11 is 7.94. The van der Waals surface area contributed by atoms with Crippen molar-refractivity contribution in [3.05, 3.63) is 14.9 Å². The number of hydrogen-bond acceptors (Lipinski definition) is 2. The van der Waals surface area contributed by atoms with Gasteiger partial charge in [0.2, 0.25) is 0 Å². The highest BCUT2D eigenvalue weighted by molar-refractivity contribution is 14.1. The minimum Gasteiger partial charge on any atom is -0.377 e. The fraction of sp³-hybridized carbons (Fsp3) is 0.500. The SMILES string of the molecule is Clc1nn(C2COC2)cc1I. The van der Waals surface area contributed by atoms with Gasteiger partial charge in [-0.1, -0.05) is 11.6 Å². The third-order valence-corrected chi connectivity index (χ3v) is 3.03. The summed E-state index contributed by atoms with van der Waals surface area (Å²) in [4.78, 5) is 0. The summed E-state index contributed by atoms with van der Waals surface area (Å²) in [7, 11) is 0. The Hall–Kier alpha value is 0.190. The van der Waals surface area contributed by atoms with Crippen LogP contribution in [0.15, 0.2) is 6.20 Å². The molecule has 1 aliphatic heterocycles. The zero-order chi connectivity index (χ0) is 7.84. The molecule has 0 unspecified atom stereocenters.